The van der Waals surface area contributed by atoms with Crippen LogP contribution in [0.1, 0.15) is 86.9 Å². The molecular formula is C42H44O10. The van der Waals surface area contributed by atoms with Crippen LogP contribution in [-0.4, -0.2) is 67.8 Å². The average molecular weight is 709 g/mol. The highest BCUT2D eigenvalue weighted by atomic mass is 16.8. The molecule has 4 aromatic carbocycles. The van der Waals surface area contributed by atoms with Crippen LogP contribution in [0.2, 0.25) is 0 Å². The van der Waals surface area contributed by atoms with Crippen molar-refractivity contribution >= 4 is 23.9 Å². The van der Waals surface area contributed by atoms with Gasteiger partial charge in [-0.25, -0.2) is 19.2 Å². The number of hydrogen-bond donors (Lipinski definition) is 0. The Morgan fingerprint density at radius 1 is 0.577 bits per heavy atom. The molecule has 10 heteroatoms. The number of unbranched alkanes of at least 4 members (excludes halogenated alkanes) is 5. The lowest BCUT2D eigenvalue weighted by molar-refractivity contribution is -0.345. The number of esters is 4. The normalized spacial score (nSPS) is 19.6. The number of carbonyl (C=O) groups excluding carboxylic acids is 4. The van der Waals surface area contributed by atoms with Gasteiger partial charge >= 0.3 is 23.9 Å². The lowest BCUT2D eigenvalue weighted by atomic mass is 9.95. The summed E-state index contributed by atoms with van der Waals surface area (Å²) < 4.78 is 36.8. The van der Waals surface area contributed by atoms with Crippen LogP contribution in [-0.2, 0) is 28.4 Å². The predicted octanol–water partition coefficient (Wildman–Crippen LogP) is 7.62. The van der Waals surface area contributed by atoms with E-state index in [4.69, 9.17) is 28.4 Å². The Hall–Kier alpha value is -5.32. The van der Waals surface area contributed by atoms with Gasteiger partial charge in [-0.05, 0) is 55.0 Å². The van der Waals surface area contributed by atoms with Gasteiger partial charge in [-0.2, -0.15) is 0 Å². The monoisotopic (exact) mass is 708 g/mol. The SMILES string of the molecule is CCCCCCCCO[C@]1(COC(=O)c2ccccc2)OC[C@@H](OC(=O)c2ccccc2)[C@@H](OC(=O)c2ccccc2)[C@@H]1OC(=O)c1ccccc1. The smallest absolute Gasteiger partial charge is 0.338 e. The number of rotatable bonds is 17. The third kappa shape index (κ3) is 10.4. The molecule has 0 saturated carbocycles. The molecule has 10 nitrogen and oxygen atoms in total. The molecule has 0 radical (unpaired) electrons. The van der Waals surface area contributed by atoms with Crippen molar-refractivity contribution in [3.05, 3.63) is 144 Å². The molecule has 1 heterocycles. The van der Waals surface area contributed by atoms with Crippen LogP contribution in [0, 0.1) is 0 Å². The van der Waals surface area contributed by atoms with E-state index in [1.54, 1.807) is 121 Å². The van der Waals surface area contributed by atoms with E-state index in [1.165, 1.54) is 0 Å². The summed E-state index contributed by atoms with van der Waals surface area (Å²) in [6, 6.07) is 33.2. The van der Waals surface area contributed by atoms with E-state index in [-0.39, 0.29) is 35.5 Å². The summed E-state index contributed by atoms with van der Waals surface area (Å²) in [6.45, 7) is 1.40. The van der Waals surface area contributed by atoms with Gasteiger partial charge in [-0.1, -0.05) is 112 Å². The molecule has 4 atom stereocenters. The Morgan fingerprint density at radius 3 is 1.54 bits per heavy atom. The minimum absolute atomic E-state index is 0.141. The fraction of sp³-hybridized carbons (Fsp3) is 0.333. The topological polar surface area (TPSA) is 124 Å². The quantitative estimate of drug-likeness (QED) is 0.0615. The summed E-state index contributed by atoms with van der Waals surface area (Å²) in [4.78, 5) is 54.2. The second-order valence-electron chi connectivity index (χ2n) is 12.4. The third-order valence-electron chi connectivity index (χ3n) is 8.61. The van der Waals surface area contributed by atoms with Crippen molar-refractivity contribution in [3.8, 4) is 0 Å². The van der Waals surface area contributed by atoms with E-state index in [9.17, 15) is 19.2 Å². The Labute approximate surface area is 303 Å². The summed E-state index contributed by atoms with van der Waals surface area (Å²) in [5.74, 6) is -4.89. The highest BCUT2D eigenvalue weighted by Gasteiger charge is 2.58. The van der Waals surface area contributed by atoms with Gasteiger partial charge in [0.15, 0.2) is 18.3 Å². The van der Waals surface area contributed by atoms with Crippen LogP contribution in [0.5, 0.6) is 0 Å². The largest absolute Gasteiger partial charge is 0.456 e. The van der Waals surface area contributed by atoms with Crippen molar-refractivity contribution in [2.75, 3.05) is 19.8 Å². The van der Waals surface area contributed by atoms with E-state index < -0.39 is 54.6 Å². The average Bonchev–Trinajstić information content (AvgIpc) is 3.20. The van der Waals surface area contributed by atoms with E-state index in [0.29, 0.717) is 6.42 Å². The first-order valence-electron chi connectivity index (χ1n) is 17.7. The second kappa shape index (κ2) is 19.3. The molecule has 5 rings (SSSR count). The summed E-state index contributed by atoms with van der Waals surface area (Å²) >= 11 is 0. The van der Waals surface area contributed by atoms with Crippen molar-refractivity contribution in [1.29, 1.82) is 0 Å². The van der Waals surface area contributed by atoms with Crippen LogP contribution in [0.25, 0.3) is 0 Å². The van der Waals surface area contributed by atoms with Gasteiger partial charge in [0.25, 0.3) is 0 Å². The maximum absolute atomic E-state index is 13.8. The van der Waals surface area contributed by atoms with E-state index in [1.807, 2.05) is 0 Å². The lowest BCUT2D eigenvalue weighted by Gasteiger charge is -2.47. The molecule has 0 bridgehead atoms. The number of hydrogen-bond acceptors (Lipinski definition) is 10. The number of carbonyl (C=O) groups is 4. The number of benzene rings is 4. The third-order valence-corrected chi connectivity index (χ3v) is 8.61. The van der Waals surface area contributed by atoms with Gasteiger partial charge in [-0.15, -0.1) is 0 Å². The molecular weight excluding hydrogens is 664 g/mol. The Morgan fingerprint density at radius 2 is 1.02 bits per heavy atom. The predicted molar refractivity (Wildman–Crippen MR) is 192 cm³/mol. The van der Waals surface area contributed by atoms with Crippen molar-refractivity contribution in [3.63, 3.8) is 0 Å². The van der Waals surface area contributed by atoms with Crippen molar-refractivity contribution in [2.45, 2.75) is 69.5 Å². The zero-order chi connectivity index (χ0) is 36.6. The fourth-order valence-corrected chi connectivity index (χ4v) is 5.78. The Balaban J connectivity index is 1.52. The fourth-order valence-electron chi connectivity index (χ4n) is 5.78. The summed E-state index contributed by atoms with van der Waals surface area (Å²) in [5.41, 5.74) is 0.944. The second-order valence-corrected chi connectivity index (χ2v) is 12.4. The van der Waals surface area contributed by atoms with E-state index >= 15 is 0 Å². The van der Waals surface area contributed by atoms with Gasteiger partial charge in [0, 0.05) is 0 Å². The van der Waals surface area contributed by atoms with Gasteiger partial charge in [0.1, 0.15) is 6.61 Å². The van der Waals surface area contributed by atoms with Crippen molar-refractivity contribution in [2.24, 2.45) is 0 Å². The minimum atomic E-state index is -1.96. The molecule has 1 saturated heterocycles. The first kappa shape index (κ1) is 37.9. The van der Waals surface area contributed by atoms with Crippen LogP contribution in [0.3, 0.4) is 0 Å². The molecule has 0 aromatic heterocycles. The lowest BCUT2D eigenvalue weighted by Crippen LogP contribution is -2.67. The van der Waals surface area contributed by atoms with Crippen LogP contribution < -0.4 is 0 Å². The van der Waals surface area contributed by atoms with Gasteiger partial charge in [0.2, 0.25) is 5.79 Å². The maximum Gasteiger partial charge on any atom is 0.338 e. The molecule has 0 N–H and O–H groups in total. The van der Waals surface area contributed by atoms with Crippen LogP contribution >= 0.6 is 0 Å². The Kier molecular flexibility index (Phi) is 14.1. The molecule has 0 aliphatic carbocycles. The summed E-state index contributed by atoms with van der Waals surface area (Å²) in [5, 5.41) is 0. The zero-order valence-corrected chi connectivity index (χ0v) is 29.2. The summed E-state index contributed by atoms with van der Waals surface area (Å²) in [7, 11) is 0. The molecule has 272 valence electrons. The molecule has 52 heavy (non-hydrogen) atoms. The highest BCUT2D eigenvalue weighted by molar-refractivity contribution is 5.91. The van der Waals surface area contributed by atoms with E-state index in [2.05, 4.69) is 6.92 Å². The molecule has 0 spiro atoms. The first-order chi connectivity index (χ1) is 25.4. The standard InChI is InChI=1S/C42H44O10/c1-2-3-4-5-6-19-28-48-42(30-47-38(43)31-20-11-7-12-21-31)37(52-41(46)34-26-17-10-18-27-34)36(51-40(45)33-24-15-9-16-25-33)35(29-49-42)50-39(44)32-22-13-8-14-23-32/h7-18,20-27,35-37H,2-6,19,28-30H2,1H3/t35-,36-,37+,42-/m1/s1. The first-order valence-corrected chi connectivity index (χ1v) is 17.7. The maximum atomic E-state index is 13.8. The summed E-state index contributed by atoms with van der Waals surface area (Å²) in [6.07, 6.45) is 1.50. The minimum Gasteiger partial charge on any atom is -0.456 e. The molecule has 4 aromatic rings. The highest BCUT2D eigenvalue weighted by Crippen LogP contribution is 2.36. The molecule has 0 unspecified atom stereocenters. The van der Waals surface area contributed by atoms with Gasteiger partial charge in [-0.3, -0.25) is 0 Å². The van der Waals surface area contributed by atoms with Crippen molar-refractivity contribution < 1.29 is 47.6 Å². The van der Waals surface area contributed by atoms with E-state index in [0.717, 1.165) is 32.1 Å². The van der Waals surface area contributed by atoms with Crippen LogP contribution in [0.4, 0.5) is 0 Å². The molecule has 1 aliphatic rings. The van der Waals surface area contributed by atoms with Gasteiger partial charge < -0.3 is 28.4 Å². The molecule has 1 fully saturated rings. The molecule has 1 aliphatic heterocycles. The van der Waals surface area contributed by atoms with Crippen LogP contribution in [0.15, 0.2) is 121 Å². The molecule has 0 amide bonds. The van der Waals surface area contributed by atoms with Crippen molar-refractivity contribution in [1.82, 2.24) is 0 Å². The Bertz CT molecular complexity index is 1720. The van der Waals surface area contributed by atoms with Gasteiger partial charge in [0.05, 0.1) is 35.5 Å². The zero-order valence-electron chi connectivity index (χ0n) is 29.2. The number of ether oxygens (including phenoxy) is 6.